The van der Waals surface area contributed by atoms with Crippen LogP contribution in [-0.2, 0) is 28.6 Å². The highest BCUT2D eigenvalue weighted by molar-refractivity contribution is 5.71. The van der Waals surface area contributed by atoms with Gasteiger partial charge in [-0.1, -0.05) is 352 Å². The monoisotopic (exact) mass is 1150 g/mol. The molecule has 1 atom stereocenters. The van der Waals surface area contributed by atoms with Crippen molar-refractivity contribution >= 4 is 17.9 Å². The number of allylic oxidation sites excluding steroid dienone is 8. The van der Waals surface area contributed by atoms with Crippen molar-refractivity contribution in [3.63, 3.8) is 0 Å². The molecule has 0 aliphatic heterocycles. The molecule has 82 heavy (non-hydrogen) atoms. The Kier molecular flexibility index (Phi) is 68.6. The zero-order valence-electron chi connectivity index (χ0n) is 55.3. The van der Waals surface area contributed by atoms with Crippen LogP contribution in [0.5, 0.6) is 0 Å². The van der Waals surface area contributed by atoms with Crippen molar-refractivity contribution in [2.75, 3.05) is 13.2 Å². The molecule has 0 radical (unpaired) electrons. The van der Waals surface area contributed by atoms with E-state index in [0.29, 0.717) is 19.3 Å². The van der Waals surface area contributed by atoms with Gasteiger partial charge in [0, 0.05) is 19.3 Å². The summed E-state index contributed by atoms with van der Waals surface area (Å²) in [5.41, 5.74) is 0. The maximum absolute atomic E-state index is 12.9. The molecule has 0 saturated heterocycles. The zero-order chi connectivity index (χ0) is 59.2. The zero-order valence-corrected chi connectivity index (χ0v) is 55.3. The van der Waals surface area contributed by atoms with Gasteiger partial charge in [-0.25, -0.2) is 0 Å². The predicted octanol–water partition coefficient (Wildman–Crippen LogP) is 25.3. The summed E-state index contributed by atoms with van der Waals surface area (Å²) in [6.45, 7) is 6.56. The fraction of sp³-hybridized carbons (Fsp3) is 0.855. The average Bonchev–Trinajstić information content (AvgIpc) is 3.47. The van der Waals surface area contributed by atoms with Gasteiger partial charge in [0.25, 0.3) is 0 Å². The highest BCUT2D eigenvalue weighted by Gasteiger charge is 2.19. The molecule has 0 aliphatic rings. The topological polar surface area (TPSA) is 78.9 Å². The SMILES string of the molecule is CC/C=C\C/C=C\C/C=C\CCCCCC(=O)OCC(COC(=O)CCCCCCCCCCCCCCCCCCCCCCCCCCCCCCCCCCC)OC(=O)CCCCCCCCC/C=C\CCCCCCCCC. The molecular formula is C76H140O6. The number of ether oxygens (including phenoxy) is 3. The van der Waals surface area contributed by atoms with Crippen LogP contribution >= 0.6 is 0 Å². The van der Waals surface area contributed by atoms with Crippen molar-refractivity contribution in [3.8, 4) is 0 Å². The molecule has 6 nitrogen and oxygen atoms in total. The molecule has 0 aliphatic carbocycles. The van der Waals surface area contributed by atoms with Crippen LogP contribution in [0, 0.1) is 0 Å². The smallest absolute Gasteiger partial charge is 0.306 e. The lowest BCUT2D eigenvalue weighted by molar-refractivity contribution is -0.167. The second-order valence-electron chi connectivity index (χ2n) is 24.8. The number of carbonyl (C=O) groups excluding carboxylic acids is 3. The minimum Gasteiger partial charge on any atom is -0.462 e. The van der Waals surface area contributed by atoms with Gasteiger partial charge in [-0.2, -0.15) is 0 Å². The summed E-state index contributed by atoms with van der Waals surface area (Å²) in [5.74, 6) is -0.892. The summed E-state index contributed by atoms with van der Waals surface area (Å²) in [7, 11) is 0. The molecule has 0 spiro atoms. The molecule has 0 bridgehead atoms. The van der Waals surface area contributed by atoms with E-state index in [0.717, 1.165) is 83.5 Å². The van der Waals surface area contributed by atoms with Crippen molar-refractivity contribution in [2.24, 2.45) is 0 Å². The van der Waals surface area contributed by atoms with Crippen molar-refractivity contribution in [3.05, 3.63) is 48.6 Å². The van der Waals surface area contributed by atoms with Crippen molar-refractivity contribution in [2.45, 2.75) is 406 Å². The molecule has 0 N–H and O–H groups in total. The lowest BCUT2D eigenvalue weighted by Gasteiger charge is -2.18. The van der Waals surface area contributed by atoms with Crippen LogP contribution in [0.1, 0.15) is 400 Å². The van der Waals surface area contributed by atoms with Gasteiger partial charge in [0.1, 0.15) is 13.2 Å². The predicted molar refractivity (Wildman–Crippen MR) is 358 cm³/mol. The van der Waals surface area contributed by atoms with E-state index in [2.05, 4.69) is 69.4 Å². The highest BCUT2D eigenvalue weighted by Crippen LogP contribution is 2.19. The average molecular weight is 1150 g/mol. The Morgan fingerprint density at radius 2 is 0.476 bits per heavy atom. The van der Waals surface area contributed by atoms with Gasteiger partial charge in [0.15, 0.2) is 6.10 Å². The molecule has 0 saturated carbocycles. The first-order valence-electron chi connectivity index (χ1n) is 36.6. The van der Waals surface area contributed by atoms with E-state index in [-0.39, 0.29) is 31.1 Å². The standard InChI is InChI=1S/C76H140O6/c1-4-7-10-13-16-19-22-25-27-29-31-32-33-34-35-36-37-38-39-40-41-42-43-44-45-47-48-51-54-57-60-63-66-69-75(78)81-72-73(71-80-74(77)68-65-62-59-56-53-50-24-21-18-15-12-9-6-3)82-76(79)70-67-64-61-58-55-52-49-46-30-28-26-23-20-17-14-11-8-5-2/h9,12,18,21,28,30,50,53,73H,4-8,10-11,13-17,19-20,22-27,29,31-49,51-52,54-72H2,1-3H3/b12-9-,21-18-,30-28-,53-50-. The first kappa shape index (κ1) is 79.4. The van der Waals surface area contributed by atoms with Gasteiger partial charge in [0.2, 0.25) is 0 Å². The number of rotatable bonds is 68. The van der Waals surface area contributed by atoms with E-state index in [9.17, 15) is 14.4 Å². The first-order chi connectivity index (χ1) is 40.5. The molecule has 480 valence electrons. The van der Waals surface area contributed by atoms with Crippen LogP contribution in [-0.4, -0.2) is 37.2 Å². The minimum absolute atomic E-state index is 0.0806. The normalized spacial score (nSPS) is 12.3. The van der Waals surface area contributed by atoms with Crippen molar-refractivity contribution < 1.29 is 28.6 Å². The number of carbonyl (C=O) groups is 3. The first-order valence-corrected chi connectivity index (χ1v) is 36.6. The lowest BCUT2D eigenvalue weighted by atomic mass is 10.0. The van der Waals surface area contributed by atoms with Crippen molar-refractivity contribution in [1.82, 2.24) is 0 Å². The third-order valence-corrected chi connectivity index (χ3v) is 16.6. The lowest BCUT2D eigenvalue weighted by Crippen LogP contribution is -2.30. The summed E-state index contributed by atoms with van der Waals surface area (Å²) in [4.78, 5) is 38.4. The molecule has 6 heteroatoms. The van der Waals surface area contributed by atoms with Crippen LogP contribution in [0.15, 0.2) is 48.6 Å². The molecule has 0 fully saturated rings. The molecular weight excluding hydrogens is 1010 g/mol. The molecule has 0 heterocycles. The molecule has 0 amide bonds. The second-order valence-corrected chi connectivity index (χ2v) is 24.8. The molecule has 0 aromatic rings. The maximum Gasteiger partial charge on any atom is 0.306 e. The highest BCUT2D eigenvalue weighted by atomic mass is 16.6. The molecule has 1 unspecified atom stereocenters. The van der Waals surface area contributed by atoms with E-state index in [1.54, 1.807) is 0 Å². The van der Waals surface area contributed by atoms with Crippen LogP contribution in [0.3, 0.4) is 0 Å². The van der Waals surface area contributed by atoms with Crippen molar-refractivity contribution in [1.29, 1.82) is 0 Å². The summed E-state index contributed by atoms with van der Waals surface area (Å²) in [5, 5.41) is 0. The Hall–Kier alpha value is -2.63. The van der Waals surface area contributed by atoms with Crippen LogP contribution < -0.4 is 0 Å². The second kappa shape index (κ2) is 70.9. The Balaban J connectivity index is 4.12. The molecule has 0 rings (SSSR count). The van der Waals surface area contributed by atoms with Crippen LogP contribution in [0.4, 0.5) is 0 Å². The summed E-state index contributed by atoms with van der Waals surface area (Å²) >= 11 is 0. The van der Waals surface area contributed by atoms with E-state index in [1.807, 2.05) is 0 Å². The molecule has 0 aromatic heterocycles. The van der Waals surface area contributed by atoms with Crippen LogP contribution in [0.2, 0.25) is 0 Å². The third-order valence-electron chi connectivity index (χ3n) is 16.6. The summed E-state index contributed by atoms with van der Waals surface area (Å²) in [6.07, 6.45) is 90.3. The molecule has 0 aromatic carbocycles. The van der Waals surface area contributed by atoms with Gasteiger partial charge in [0.05, 0.1) is 0 Å². The largest absolute Gasteiger partial charge is 0.462 e. The van der Waals surface area contributed by atoms with Crippen LogP contribution in [0.25, 0.3) is 0 Å². The van der Waals surface area contributed by atoms with Gasteiger partial charge >= 0.3 is 17.9 Å². The third kappa shape index (κ3) is 68.2. The number of unbranched alkanes of at least 4 members (excludes halogenated alkanes) is 49. The minimum atomic E-state index is -0.787. The van der Waals surface area contributed by atoms with E-state index in [1.165, 1.54) is 276 Å². The number of esters is 3. The Labute approximate surface area is 511 Å². The summed E-state index contributed by atoms with van der Waals surface area (Å²) < 4.78 is 16.9. The fourth-order valence-corrected chi connectivity index (χ4v) is 11.1. The fourth-order valence-electron chi connectivity index (χ4n) is 11.1. The van der Waals surface area contributed by atoms with Gasteiger partial charge in [-0.05, 0) is 77.0 Å². The maximum atomic E-state index is 12.9. The van der Waals surface area contributed by atoms with Gasteiger partial charge in [-0.15, -0.1) is 0 Å². The Bertz CT molecular complexity index is 1410. The van der Waals surface area contributed by atoms with Gasteiger partial charge in [-0.3, -0.25) is 14.4 Å². The van der Waals surface area contributed by atoms with E-state index >= 15 is 0 Å². The van der Waals surface area contributed by atoms with E-state index in [4.69, 9.17) is 14.2 Å². The number of hydrogen-bond donors (Lipinski definition) is 0. The van der Waals surface area contributed by atoms with E-state index < -0.39 is 6.10 Å². The van der Waals surface area contributed by atoms with Gasteiger partial charge < -0.3 is 14.2 Å². The Morgan fingerprint density at radius 1 is 0.256 bits per heavy atom. The number of hydrogen-bond acceptors (Lipinski definition) is 6. The Morgan fingerprint density at radius 3 is 0.768 bits per heavy atom. The summed E-state index contributed by atoms with van der Waals surface area (Å²) in [6, 6.07) is 0. The quantitative estimate of drug-likeness (QED) is 0.0261.